The van der Waals surface area contributed by atoms with Crippen LogP contribution in [0.4, 0.5) is 5.69 Å². The summed E-state index contributed by atoms with van der Waals surface area (Å²) < 4.78 is 30.7. The zero-order valence-corrected chi connectivity index (χ0v) is 16.9. The molecule has 0 saturated carbocycles. The molecule has 0 aliphatic carbocycles. The molecule has 0 bridgehead atoms. The number of thiazole rings is 1. The molecule has 5 nitrogen and oxygen atoms in total. The van der Waals surface area contributed by atoms with Crippen LogP contribution in [0, 0.1) is 0 Å². The van der Waals surface area contributed by atoms with E-state index in [1.165, 1.54) is 0 Å². The topological polar surface area (TPSA) is 68.2 Å². The fourth-order valence-electron chi connectivity index (χ4n) is 2.65. The summed E-state index contributed by atoms with van der Waals surface area (Å²) in [6, 6.07) is 12.4. The van der Waals surface area contributed by atoms with Gasteiger partial charge in [-0.3, -0.25) is 14.1 Å². The molecule has 1 heterocycles. The number of halogens is 1. The van der Waals surface area contributed by atoms with Crippen molar-refractivity contribution in [3.8, 4) is 0 Å². The van der Waals surface area contributed by atoms with Gasteiger partial charge in [-0.1, -0.05) is 39.4 Å². The van der Waals surface area contributed by atoms with Crippen molar-refractivity contribution < 1.29 is 8.42 Å². The second-order valence-electron chi connectivity index (χ2n) is 6.01. The smallest absolute Gasteiger partial charge is 0.296 e. The van der Waals surface area contributed by atoms with Gasteiger partial charge in [0.15, 0.2) is 0 Å². The summed E-state index contributed by atoms with van der Waals surface area (Å²) in [6.45, 7) is 3.89. The first-order valence-electron chi connectivity index (χ1n) is 7.65. The molecule has 3 rings (SSSR count). The number of hydrogen-bond acceptors (Lipinski definition) is 4. The maximum Gasteiger partial charge on any atom is 0.308 e. The Morgan fingerprint density at radius 2 is 1.96 bits per heavy atom. The number of nitrogens with one attached hydrogen (secondary N) is 1. The van der Waals surface area contributed by atoms with Crippen molar-refractivity contribution in [3.05, 3.63) is 62.2 Å². The van der Waals surface area contributed by atoms with Gasteiger partial charge in [0.25, 0.3) is 0 Å². The Kier molecular flexibility index (Phi) is 5.04. The Bertz CT molecular complexity index is 1080. The third-order valence-electron chi connectivity index (χ3n) is 3.65. The third-order valence-corrected chi connectivity index (χ3v) is 6.32. The molecule has 2 aromatic carbocycles. The van der Waals surface area contributed by atoms with E-state index in [9.17, 15) is 13.2 Å². The van der Waals surface area contributed by atoms with E-state index >= 15 is 0 Å². The zero-order valence-electron chi connectivity index (χ0n) is 13.7. The van der Waals surface area contributed by atoms with Crippen molar-refractivity contribution in [2.45, 2.75) is 25.6 Å². The number of aromatic nitrogens is 1. The van der Waals surface area contributed by atoms with Crippen LogP contribution >= 0.6 is 27.3 Å². The molecule has 0 saturated heterocycles. The van der Waals surface area contributed by atoms with Gasteiger partial charge < -0.3 is 0 Å². The maximum absolute atomic E-state index is 12.4. The van der Waals surface area contributed by atoms with Crippen molar-refractivity contribution in [2.75, 3.05) is 4.72 Å². The Morgan fingerprint density at radius 3 is 2.64 bits per heavy atom. The van der Waals surface area contributed by atoms with Gasteiger partial charge in [0.2, 0.25) is 10.0 Å². The second kappa shape index (κ2) is 6.93. The van der Waals surface area contributed by atoms with Crippen LogP contribution in [0.1, 0.15) is 25.5 Å². The lowest BCUT2D eigenvalue weighted by molar-refractivity contribution is 0.600. The summed E-state index contributed by atoms with van der Waals surface area (Å²) in [6.07, 6.45) is 0. The molecular weight excluding hydrogens is 424 g/mol. The highest BCUT2D eigenvalue weighted by molar-refractivity contribution is 9.10. The predicted octanol–water partition coefficient (Wildman–Crippen LogP) is 4.35. The highest BCUT2D eigenvalue weighted by Crippen LogP contribution is 2.25. The number of fused-ring (bicyclic) bond motifs is 1. The van der Waals surface area contributed by atoms with Gasteiger partial charge >= 0.3 is 4.87 Å². The summed E-state index contributed by atoms with van der Waals surface area (Å²) >= 11 is 4.46. The van der Waals surface area contributed by atoms with Crippen LogP contribution in [-0.2, 0) is 15.8 Å². The van der Waals surface area contributed by atoms with E-state index in [4.69, 9.17) is 0 Å². The predicted molar refractivity (Wildman–Crippen MR) is 107 cm³/mol. The Balaban J connectivity index is 1.88. The second-order valence-corrected chi connectivity index (χ2v) is 9.64. The van der Waals surface area contributed by atoms with Crippen molar-refractivity contribution in [1.82, 2.24) is 4.57 Å². The van der Waals surface area contributed by atoms with Crippen molar-refractivity contribution in [3.63, 3.8) is 0 Å². The van der Waals surface area contributed by atoms with E-state index in [2.05, 4.69) is 20.7 Å². The van der Waals surface area contributed by atoms with Gasteiger partial charge in [-0.2, -0.15) is 0 Å². The van der Waals surface area contributed by atoms with Gasteiger partial charge in [0.1, 0.15) is 0 Å². The van der Waals surface area contributed by atoms with Crippen LogP contribution < -0.4 is 9.60 Å². The monoisotopic (exact) mass is 440 g/mol. The minimum absolute atomic E-state index is 0.0425. The molecule has 0 fully saturated rings. The molecule has 0 amide bonds. The van der Waals surface area contributed by atoms with E-state index in [0.29, 0.717) is 11.3 Å². The van der Waals surface area contributed by atoms with Crippen LogP contribution in [0.2, 0.25) is 0 Å². The first-order chi connectivity index (χ1) is 11.7. The van der Waals surface area contributed by atoms with E-state index in [-0.39, 0.29) is 16.7 Å². The number of anilines is 1. The molecular formula is C17H17BrN2O3S2. The molecule has 0 spiro atoms. The van der Waals surface area contributed by atoms with Crippen molar-refractivity contribution in [1.29, 1.82) is 0 Å². The minimum atomic E-state index is -3.54. The molecule has 0 radical (unpaired) electrons. The molecule has 3 aromatic rings. The van der Waals surface area contributed by atoms with Gasteiger partial charge in [0.05, 0.1) is 21.7 Å². The summed E-state index contributed by atoms with van der Waals surface area (Å²) in [5, 5.41) is 0. The van der Waals surface area contributed by atoms with Crippen LogP contribution in [0.5, 0.6) is 0 Å². The SMILES string of the molecule is CC(C)n1c(=O)sc2cc(NS(=O)(=O)Cc3cccc(Br)c3)ccc21. The first-order valence-corrected chi connectivity index (χ1v) is 10.9. The van der Waals surface area contributed by atoms with E-state index in [1.54, 1.807) is 41.0 Å². The number of nitrogens with zero attached hydrogens (tertiary/aromatic N) is 1. The highest BCUT2D eigenvalue weighted by Gasteiger charge is 2.15. The average molecular weight is 441 g/mol. The normalized spacial score (nSPS) is 12.0. The van der Waals surface area contributed by atoms with E-state index in [0.717, 1.165) is 26.0 Å². The van der Waals surface area contributed by atoms with Crippen LogP contribution in [0.3, 0.4) is 0 Å². The fraction of sp³-hybridized carbons (Fsp3) is 0.235. The largest absolute Gasteiger partial charge is 0.308 e. The molecule has 0 aliphatic rings. The number of rotatable bonds is 5. The molecule has 0 unspecified atom stereocenters. The van der Waals surface area contributed by atoms with Crippen LogP contribution in [0.25, 0.3) is 10.2 Å². The molecule has 132 valence electrons. The summed E-state index contributed by atoms with van der Waals surface area (Å²) in [5.41, 5.74) is 1.97. The number of benzene rings is 2. The zero-order chi connectivity index (χ0) is 18.2. The van der Waals surface area contributed by atoms with Crippen LogP contribution in [-0.4, -0.2) is 13.0 Å². The number of hydrogen-bond donors (Lipinski definition) is 1. The summed E-state index contributed by atoms with van der Waals surface area (Å²) in [7, 11) is -3.54. The Labute approximate surface area is 158 Å². The first kappa shape index (κ1) is 18.2. The molecule has 0 aliphatic heterocycles. The van der Waals surface area contributed by atoms with E-state index < -0.39 is 10.0 Å². The molecule has 1 aromatic heterocycles. The Morgan fingerprint density at radius 1 is 1.20 bits per heavy atom. The minimum Gasteiger partial charge on any atom is -0.296 e. The molecule has 0 atom stereocenters. The van der Waals surface area contributed by atoms with Gasteiger partial charge in [-0.25, -0.2) is 8.42 Å². The Hall–Kier alpha value is -1.64. The lowest BCUT2D eigenvalue weighted by Crippen LogP contribution is -2.15. The summed E-state index contributed by atoms with van der Waals surface area (Å²) in [4.78, 5) is 12.0. The van der Waals surface area contributed by atoms with Gasteiger partial charge in [-0.05, 0) is 49.7 Å². The van der Waals surface area contributed by atoms with E-state index in [1.807, 2.05) is 19.9 Å². The fourth-order valence-corrected chi connectivity index (χ4v) is 5.33. The van der Waals surface area contributed by atoms with Crippen LogP contribution in [0.15, 0.2) is 51.7 Å². The summed E-state index contributed by atoms with van der Waals surface area (Å²) in [5.74, 6) is -0.117. The van der Waals surface area contributed by atoms with Crippen molar-refractivity contribution in [2.24, 2.45) is 0 Å². The number of sulfonamides is 1. The molecule has 8 heteroatoms. The lowest BCUT2D eigenvalue weighted by Gasteiger charge is -2.10. The van der Waals surface area contributed by atoms with Gasteiger partial charge in [-0.15, -0.1) is 0 Å². The quantitative estimate of drug-likeness (QED) is 0.640. The standard InChI is InChI=1S/C17H17BrN2O3S2/c1-11(2)20-15-7-6-14(9-16(15)24-17(20)21)19-25(22,23)10-12-4-3-5-13(18)8-12/h3-9,11,19H,10H2,1-2H3. The third kappa shape index (κ3) is 4.13. The van der Waals surface area contributed by atoms with Crippen molar-refractivity contribution >= 4 is 53.2 Å². The lowest BCUT2D eigenvalue weighted by atomic mass is 10.2. The highest BCUT2D eigenvalue weighted by atomic mass is 79.9. The average Bonchev–Trinajstić information content (AvgIpc) is 2.81. The molecule has 1 N–H and O–H groups in total. The maximum atomic E-state index is 12.4. The molecule has 25 heavy (non-hydrogen) atoms. The van der Waals surface area contributed by atoms with Gasteiger partial charge in [0, 0.05) is 10.5 Å².